The van der Waals surface area contributed by atoms with Gasteiger partial charge in [-0.3, -0.25) is 0 Å². The van der Waals surface area contributed by atoms with Crippen molar-refractivity contribution in [1.82, 2.24) is 9.55 Å². The predicted molar refractivity (Wildman–Crippen MR) is 91.6 cm³/mol. The number of hydrogen-bond donors (Lipinski definition) is 1. The zero-order valence-corrected chi connectivity index (χ0v) is 15.7. The molecule has 0 saturated heterocycles. The number of nitrogens with zero attached hydrogens (tertiary/aromatic N) is 2. The topological polar surface area (TPSA) is 81.4 Å². The highest BCUT2D eigenvalue weighted by atomic mass is 32.2. The second kappa shape index (κ2) is 8.13. The minimum Gasteiger partial charge on any atom is -0.396 e. The van der Waals surface area contributed by atoms with Gasteiger partial charge in [-0.25, -0.2) is 13.8 Å². The molecule has 6 nitrogen and oxygen atoms in total. The van der Waals surface area contributed by atoms with E-state index in [0.717, 1.165) is 12.1 Å². The summed E-state index contributed by atoms with van der Waals surface area (Å²) >= 11 is 0. The van der Waals surface area contributed by atoms with Gasteiger partial charge in [0.05, 0.1) is 12.3 Å². The second-order valence-electron chi connectivity index (χ2n) is 6.14. The third-order valence-electron chi connectivity index (χ3n) is 3.63. The molecule has 144 valence electrons. The summed E-state index contributed by atoms with van der Waals surface area (Å²) in [5.41, 5.74) is 0.291. The van der Waals surface area contributed by atoms with Gasteiger partial charge in [0.15, 0.2) is 5.03 Å². The van der Waals surface area contributed by atoms with Crippen LogP contribution in [-0.2, 0) is 23.1 Å². The fraction of sp³-hybridized carbons (Fsp3) is 0.471. The highest BCUT2D eigenvalue weighted by Crippen LogP contribution is 2.29. The quantitative estimate of drug-likeness (QED) is 0.703. The molecule has 0 amide bonds. The van der Waals surface area contributed by atoms with Crippen molar-refractivity contribution in [2.24, 2.45) is 0 Å². The maximum Gasteiger partial charge on any atom is 0.357 e. The molecule has 2 aromatic rings. The molecule has 1 aromatic heterocycles. The normalized spacial score (nSPS) is 12.0. The molecular formula is C17H22F2N2O4S. The maximum absolute atomic E-state index is 13.4. The molecule has 0 aliphatic heterocycles. The van der Waals surface area contributed by atoms with Crippen LogP contribution in [0, 0.1) is 11.6 Å². The molecule has 0 spiro atoms. The third kappa shape index (κ3) is 4.39. The van der Waals surface area contributed by atoms with Gasteiger partial charge in [-0.15, -0.1) is 0 Å². The fourth-order valence-electron chi connectivity index (χ4n) is 2.63. The van der Waals surface area contributed by atoms with Crippen LogP contribution in [0.5, 0.6) is 5.75 Å². The van der Waals surface area contributed by atoms with Gasteiger partial charge in [0, 0.05) is 31.2 Å². The minimum absolute atomic E-state index is 0.150. The Labute approximate surface area is 151 Å². The molecular weight excluding hydrogens is 366 g/mol. The largest absolute Gasteiger partial charge is 0.396 e. The van der Waals surface area contributed by atoms with Crippen LogP contribution < -0.4 is 4.18 Å². The maximum atomic E-state index is 13.4. The van der Waals surface area contributed by atoms with E-state index in [0.29, 0.717) is 30.6 Å². The molecule has 1 heterocycles. The van der Waals surface area contributed by atoms with E-state index in [2.05, 4.69) is 4.98 Å². The van der Waals surface area contributed by atoms with Gasteiger partial charge >= 0.3 is 10.1 Å². The number of imidazole rings is 1. The van der Waals surface area contributed by atoms with Gasteiger partial charge in [0.25, 0.3) is 0 Å². The monoisotopic (exact) mass is 388 g/mol. The first kappa shape index (κ1) is 20.3. The van der Waals surface area contributed by atoms with Crippen molar-refractivity contribution in [2.75, 3.05) is 6.61 Å². The summed E-state index contributed by atoms with van der Waals surface area (Å²) < 4.78 is 58.9. The molecule has 1 N–H and O–H groups in total. The van der Waals surface area contributed by atoms with Gasteiger partial charge in [0.1, 0.15) is 23.2 Å². The van der Waals surface area contributed by atoms with Gasteiger partial charge in [-0.2, -0.15) is 8.42 Å². The van der Waals surface area contributed by atoms with Crippen molar-refractivity contribution in [3.8, 4) is 5.75 Å². The Bertz CT molecular complexity index is 859. The molecule has 0 aliphatic carbocycles. The first-order valence-corrected chi connectivity index (χ1v) is 9.71. The van der Waals surface area contributed by atoms with Crippen molar-refractivity contribution in [3.05, 3.63) is 41.4 Å². The van der Waals surface area contributed by atoms with Crippen LogP contribution in [0.3, 0.4) is 0 Å². The van der Waals surface area contributed by atoms with Crippen molar-refractivity contribution in [2.45, 2.75) is 51.1 Å². The minimum atomic E-state index is -4.39. The number of aliphatic hydroxyl groups excluding tert-OH is 1. The number of aliphatic hydroxyl groups is 1. The zero-order chi connectivity index (χ0) is 19.5. The van der Waals surface area contributed by atoms with Crippen molar-refractivity contribution in [1.29, 1.82) is 0 Å². The van der Waals surface area contributed by atoms with E-state index in [9.17, 15) is 22.3 Å². The van der Waals surface area contributed by atoms with Crippen LogP contribution in [0.4, 0.5) is 8.78 Å². The number of hydrogen-bond acceptors (Lipinski definition) is 5. The van der Waals surface area contributed by atoms with Gasteiger partial charge < -0.3 is 13.9 Å². The smallest absolute Gasteiger partial charge is 0.357 e. The highest BCUT2D eigenvalue weighted by molar-refractivity contribution is 7.87. The Morgan fingerprint density at radius 2 is 1.85 bits per heavy atom. The standard InChI is InChI=1S/C17H22F2N2O4S/c1-4-6-21-15(5-7-22)20-16(11(2)3)17(21)26(23,24)25-14-9-12(18)8-13(19)10-14/h8-11,22H,4-7H2,1-3H3. The lowest BCUT2D eigenvalue weighted by Crippen LogP contribution is -2.19. The number of benzene rings is 1. The van der Waals surface area contributed by atoms with Crippen LogP contribution in [0.25, 0.3) is 0 Å². The lowest BCUT2D eigenvalue weighted by atomic mass is 10.1. The van der Waals surface area contributed by atoms with Crippen LogP contribution in [0.1, 0.15) is 44.6 Å². The molecule has 2 rings (SSSR count). The molecule has 0 radical (unpaired) electrons. The number of halogens is 2. The SMILES string of the molecule is CCCn1c(CCO)nc(C(C)C)c1S(=O)(=O)Oc1cc(F)cc(F)c1. The Kier molecular flexibility index (Phi) is 6.35. The molecule has 0 fully saturated rings. The van der Waals surface area contributed by atoms with E-state index in [-0.39, 0.29) is 24.0 Å². The summed E-state index contributed by atoms with van der Waals surface area (Å²) in [7, 11) is -4.39. The van der Waals surface area contributed by atoms with Crippen molar-refractivity contribution >= 4 is 10.1 Å². The first-order chi connectivity index (χ1) is 12.2. The van der Waals surface area contributed by atoms with Crippen LogP contribution in [0.15, 0.2) is 23.2 Å². The zero-order valence-electron chi connectivity index (χ0n) is 14.9. The molecule has 9 heteroatoms. The lowest BCUT2D eigenvalue weighted by Gasteiger charge is -2.14. The van der Waals surface area contributed by atoms with Gasteiger partial charge in [0.2, 0.25) is 0 Å². The third-order valence-corrected chi connectivity index (χ3v) is 4.95. The second-order valence-corrected chi connectivity index (χ2v) is 7.60. The Hall–Kier alpha value is -2.00. The van der Waals surface area contributed by atoms with E-state index in [4.69, 9.17) is 4.18 Å². The molecule has 0 aliphatic rings. The lowest BCUT2D eigenvalue weighted by molar-refractivity contribution is 0.293. The predicted octanol–water partition coefficient (Wildman–Crippen LogP) is 3.00. The number of aromatic nitrogens is 2. The van der Waals surface area contributed by atoms with Gasteiger partial charge in [-0.05, 0) is 12.3 Å². The van der Waals surface area contributed by atoms with Crippen molar-refractivity contribution in [3.63, 3.8) is 0 Å². The molecule has 0 unspecified atom stereocenters. The summed E-state index contributed by atoms with van der Waals surface area (Å²) in [6.45, 7) is 5.60. The average molecular weight is 388 g/mol. The van der Waals surface area contributed by atoms with Crippen LogP contribution in [-0.4, -0.2) is 29.7 Å². The van der Waals surface area contributed by atoms with E-state index in [1.54, 1.807) is 13.8 Å². The first-order valence-electron chi connectivity index (χ1n) is 8.30. The Balaban J connectivity index is 2.59. The van der Waals surface area contributed by atoms with E-state index < -0.39 is 27.5 Å². The number of rotatable bonds is 8. The van der Waals surface area contributed by atoms with Crippen molar-refractivity contribution < 1.29 is 26.5 Å². The molecule has 0 saturated carbocycles. The summed E-state index contributed by atoms with van der Waals surface area (Å²) in [6, 6.07) is 2.22. The van der Waals surface area contributed by atoms with E-state index in [1.165, 1.54) is 4.57 Å². The summed E-state index contributed by atoms with van der Waals surface area (Å²) in [6.07, 6.45) is 0.813. The fourth-order valence-corrected chi connectivity index (χ4v) is 4.06. The Morgan fingerprint density at radius 3 is 2.35 bits per heavy atom. The van der Waals surface area contributed by atoms with E-state index in [1.807, 2.05) is 6.92 Å². The Morgan fingerprint density at radius 1 is 1.23 bits per heavy atom. The summed E-state index contributed by atoms with van der Waals surface area (Å²) in [5, 5.41) is 9.08. The highest BCUT2D eigenvalue weighted by Gasteiger charge is 2.31. The summed E-state index contributed by atoms with van der Waals surface area (Å²) in [5.74, 6) is -2.15. The summed E-state index contributed by atoms with van der Waals surface area (Å²) in [4.78, 5) is 4.36. The molecule has 1 aromatic carbocycles. The van der Waals surface area contributed by atoms with Crippen LogP contribution >= 0.6 is 0 Å². The average Bonchev–Trinajstić information content (AvgIpc) is 2.86. The molecule has 0 atom stereocenters. The van der Waals surface area contributed by atoms with Crippen LogP contribution in [0.2, 0.25) is 0 Å². The van der Waals surface area contributed by atoms with E-state index >= 15 is 0 Å². The molecule has 26 heavy (non-hydrogen) atoms. The van der Waals surface area contributed by atoms with Gasteiger partial charge in [-0.1, -0.05) is 20.8 Å². The molecule has 0 bridgehead atoms.